The molecular weight excluding hydrogens is 262 g/mol. The third-order valence-corrected chi connectivity index (χ3v) is 4.57. The highest BCUT2D eigenvalue weighted by Gasteiger charge is 2.32. The number of hydrogen-bond donors (Lipinski definition) is 1. The fourth-order valence-corrected chi connectivity index (χ4v) is 2.93. The molecule has 0 saturated heterocycles. The van der Waals surface area contributed by atoms with Crippen molar-refractivity contribution >= 4 is 0 Å². The van der Waals surface area contributed by atoms with Gasteiger partial charge in [-0.3, -0.25) is 0 Å². The van der Waals surface area contributed by atoms with Crippen LogP contribution in [0.25, 0.3) is 0 Å². The normalized spacial score (nSPS) is 21.9. The molecule has 1 aliphatic rings. The van der Waals surface area contributed by atoms with E-state index in [0.29, 0.717) is 17.4 Å². The van der Waals surface area contributed by atoms with E-state index in [1.54, 1.807) is 14.2 Å². The molecule has 1 fully saturated rings. The first-order valence-corrected chi connectivity index (χ1v) is 7.91. The van der Waals surface area contributed by atoms with Gasteiger partial charge in [-0.25, -0.2) is 0 Å². The summed E-state index contributed by atoms with van der Waals surface area (Å²) in [5, 5.41) is 3.71. The van der Waals surface area contributed by atoms with Crippen molar-refractivity contribution in [2.75, 3.05) is 27.4 Å². The number of methoxy groups -OCH3 is 2. The van der Waals surface area contributed by atoms with Gasteiger partial charge >= 0.3 is 0 Å². The van der Waals surface area contributed by atoms with Crippen LogP contribution in [0.4, 0.5) is 0 Å². The maximum absolute atomic E-state index is 5.46. The molecule has 118 valence electrons. The fourth-order valence-electron chi connectivity index (χ4n) is 2.93. The number of benzene rings is 1. The smallest absolute Gasteiger partial charge is 0.122 e. The van der Waals surface area contributed by atoms with Gasteiger partial charge in [-0.15, -0.1) is 0 Å². The van der Waals surface area contributed by atoms with Crippen molar-refractivity contribution in [3.8, 4) is 5.75 Å². The second-order valence-corrected chi connectivity index (χ2v) is 6.90. The van der Waals surface area contributed by atoms with E-state index in [4.69, 9.17) is 9.47 Å². The first-order valence-electron chi connectivity index (χ1n) is 7.91. The lowest BCUT2D eigenvalue weighted by molar-refractivity contribution is 0.143. The zero-order valence-corrected chi connectivity index (χ0v) is 13.8. The second-order valence-electron chi connectivity index (χ2n) is 6.90. The number of hydrogen-bond acceptors (Lipinski definition) is 3. The van der Waals surface area contributed by atoms with Gasteiger partial charge in [0.05, 0.1) is 7.11 Å². The molecule has 21 heavy (non-hydrogen) atoms. The lowest BCUT2D eigenvalue weighted by Gasteiger charge is -2.39. The van der Waals surface area contributed by atoms with E-state index in [0.717, 1.165) is 25.3 Å². The second kappa shape index (κ2) is 7.28. The summed E-state index contributed by atoms with van der Waals surface area (Å²) in [4.78, 5) is 0. The van der Waals surface area contributed by atoms with Crippen LogP contribution in [0, 0.1) is 5.41 Å². The molecule has 3 heteroatoms. The van der Waals surface area contributed by atoms with Crippen LogP contribution in [0.5, 0.6) is 5.75 Å². The van der Waals surface area contributed by atoms with Gasteiger partial charge < -0.3 is 14.8 Å². The highest BCUT2D eigenvalue weighted by molar-refractivity contribution is 5.37. The van der Waals surface area contributed by atoms with Crippen LogP contribution in [0.15, 0.2) is 24.3 Å². The number of nitrogens with one attached hydrogen (secondary N) is 1. The van der Waals surface area contributed by atoms with Crippen LogP contribution in [0.3, 0.4) is 0 Å². The molecule has 1 saturated carbocycles. The summed E-state index contributed by atoms with van der Waals surface area (Å²) in [6, 6.07) is 9.04. The van der Waals surface area contributed by atoms with Gasteiger partial charge in [0.15, 0.2) is 0 Å². The zero-order chi connectivity index (χ0) is 15.3. The minimum atomic E-state index is 0.297. The van der Waals surface area contributed by atoms with Crippen LogP contribution in [-0.4, -0.2) is 33.4 Å². The molecule has 1 aromatic rings. The molecule has 0 spiro atoms. The van der Waals surface area contributed by atoms with Crippen LogP contribution < -0.4 is 10.1 Å². The number of para-hydroxylation sites is 1. The molecular formula is C18H29NO2. The third kappa shape index (κ3) is 4.45. The molecule has 0 aliphatic heterocycles. The van der Waals surface area contributed by atoms with E-state index in [1.165, 1.54) is 18.4 Å². The topological polar surface area (TPSA) is 30.5 Å². The maximum atomic E-state index is 5.46. The monoisotopic (exact) mass is 291 g/mol. The third-order valence-electron chi connectivity index (χ3n) is 4.57. The Morgan fingerprint density at radius 1 is 1.19 bits per heavy atom. The first-order chi connectivity index (χ1) is 10.1. The Bertz CT molecular complexity index is 439. The van der Waals surface area contributed by atoms with Crippen molar-refractivity contribution in [3.05, 3.63) is 29.8 Å². The summed E-state index contributed by atoms with van der Waals surface area (Å²) in [5.41, 5.74) is 1.66. The first kappa shape index (κ1) is 16.3. The van der Waals surface area contributed by atoms with E-state index < -0.39 is 0 Å². The van der Waals surface area contributed by atoms with Crippen molar-refractivity contribution in [1.29, 1.82) is 0 Å². The molecule has 1 N–H and O–H groups in total. The molecule has 1 aliphatic carbocycles. The van der Waals surface area contributed by atoms with E-state index in [-0.39, 0.29) is 0 Å². The highest BCUT2D eigenvalue weighted by atomic mass is 16.5. The van der Waals surface area contributed by atoms with Gasteiger partial charge in [-0.2, -0.15) is 0 Å². The molecule has 3 nitrogen and oxygen atoms in total. The van der Waals surface area contributed by atoms with E-state index in [1.807, 2.05) is 6.07 Å². The van der Waals surface area contributed by atoms with E-state index >= 15 is 0 Å². The molecule has 1 aromatic carbocycles. The zero-order valence-electron chi connectivity index (χ0n) is 13.8. The summed E-state index contributed by atoms with van der Waals surface area (Å²) >= 11 is 0. The SMILES string of the molecule is COCCC(C)(C)CNC1CC(c2ccccc2OC)C1. The quantitative estimate of drug-likeness (QED) is 0.794. The van der Waals surface area contributed by atoms with Crippen LogP contribution in [0.1, 0.15) is 44.6 Å². The Kier molecular flexibility index (Phi) is 5.65. The summed E-state index contributed by atoms with van der Waals surface area (Å²) < 4.78 is 10.6. The average Bonchev–Trinajstić information content (AvgIpc) is 2.44. The standard InChI is InChI=1S/C18H29NO2/c1-18(2,9-10-20-3)13-19-15-11-14(12-15)16-7-5-6-8-17(16)21-4/h5-8,14-15,19H,9-13H2,1-4H3. The van der Waals surface area contributed by atoms with Gasteiger partial charge in [0.25, 0.3) is 0 Å². The Balaban J connectivity index is 1.77. The average molecular weight is 291 g/mol. The predicted molar refractivity (Wildman–Crippen MR) is 87.0 cm³/mol. The summed E-state index contributed by atoms with van der Waals surface area (Å²) in [6.45, 7) is 6.49. The molecule has 0 heterocycles. The number of rotatable bonds is 8. The minimum absolute atomic E-state index is 0.297. The lowest BCUT2D eigenvalue weighted by atomic mass is 9.75. The van der Waals surface area contributed by atoms with Gasteiger partial charge in [-0.05, 0) is 42.2 Å². The van der Waals surface area contributed by atoms with Crippen molar-refractivity contribution in [2.45, 2.75) is 45.1 Å². The maximum Gasteiger partial charge on any atom is 0.122 e. The van der Waals surface area contributed by atoms with Gasteiger partial charge in [0, 0.05) is 26.3 Å². The van der Waals surface area contributed by atoms with E-state index in [2.05, 4.69) is 37.4 Å². The molecule has 0 aromatic heterocycles. The Morgan fingerprint density at radius 3 is 2.57 bits per heavy atom. The Morgan fingerprint density at radius 2 is 1.90 bits per heavy atom. The molecule has 0 radical (unpaired) electrons. The van der Waals surface area contributed by atoms with Crippen molar-refractivity contribution in [2.24, 2.45) is 5.41 Å². The van der Waals surface area contributed by atoms with Crippen LogP contribution in [-0.2, 0) is 4.74 Å². The summed E-state index contributed by atoms with van der Waals surface area (Å²) in [7, 11) is 3.53. The lowest BCUT2D eigenvalue weighted by Crippen LogP contribution is -2.44. The minimum Gasteiger partial charge on any atom is -0.496 e. The molecule has 0 unspecified atom stereocenters. The van der Waals surface area contributed by atoms with Crippen molar-refractivity contribution in [1.82, 2.24) is 5.32 Å². The molecule has 2 rings (SSSR count). The summed E-state index contributed by atoms with van der Waals surface area (Å²) in [5.74, 6) is 1.67. The van der Waals surface area contributed by atoms with Gasteiger partial charge in [0.2, 0.25) is 0 Å². The van der Waals surface area contributed by atoms with Gasteiger partial charge in [0.1, 0.15) is 5.75 Å². The Hall–Kier alpha value is -1.06. The summed E-state index contributed by atoms with van der Waals surface area (Å²) in [6.07, 6.45) is 3.51. The van der Waals surface area contributed by atoms with Gasteiger partial charge in [-0.1, -0.05) is 32.0 Å². The van der Waals surface area contributed by atoms with Crippen molar-refractivity contribution in [3.63, 3.8) is 0 Å². The fraction of sp³-hybridized carbons (Fsp3) is 0.667. The van der Waals surface area contributed by atoms with Crippen LogP contribution in [0.2, 0.25) is 0 Å². The predicted octanol–water partition coefficient (Wildman–Crippen LogP) is 3.59. The number of ether oxygens (including phenoxy) is 2. The van der Waals surface area contributed by atoms with Crippen LogP contribution >= 0.6 is 0 Å². The largest absolute Gasteiger partial charge is 0.496 e. The molecule has 0 amide bonds. The molecule has 0 atom stereocenters. The molecule has 0 bridgehead atoms. The van der Waals surface area contributed by atoms with Crippen molar-refractivity contribution < 1.29 is 9.47 Å². The Labute approximate surface area is 129 Å². The van der Waals surface area contributed by atoms with E-state index in [9.17, 15) is 0 Å². The highest BCUT2D eigenvalue weighted by Crippen LogP contribution is 2.41.